The topological polar surface area (TPSA) is 67.2 Å². The van der Waals surface area contributed by atoms with E-state index in [-0.39, 0.29) is 17.2 Å². The lowest BCUT2D eigenvalue weighted by molar-refractivity contribution is 0.102. The van der Waals surface area contributed by atoms with Crippen molar-refractivity contribution in [2.24, 2.45) is 0 Å². The fraction of sp³-hybridized carbons (Fsp3) is 0.348. The summed E-state index contributed by atoms with van der Waals surface area (Å²) in [5.41, 5.74) is 2.88. The number of aryl methyl sites for hydroxylation is 2. The summed E-state index contributed by atoms with van der Waals surface area (Å²) in [7, 11) is 3.95. The van der Waals surface area contributed by atoms with Crippen molar-refractivity contribution in [3.63, 3.8) is 0 Å². The van der Waals surface area contributed by atoms with Crippen LogP contribution in [0.25, 0.3) is 10.8 Å². The highest BCUT2D eigenvalue weighted by atomic mass is 16.2. The van der Waals surface area contributed by atoms with Crippen molar-refractivity contribution in [1.82, 2.24) is 9.78 Å². The number of unbranched alkanes of at least 4 members (excludes halogenated alkanes) is 2. The minimum atomic E-state index is -0.314. The highest BCUT2D eigenvalue weighted by Crippen LogP contribution is 2.23. The molecular weight excluding hydrogens is 364 g/mol. The number of hydrogen-bond donors (Lipinski definition) is 1. The number of aromatic nitrogens is 2. The second kappa shape index (κ2) is 8.90. The van der Waals surface area contributed by atoms with Gasteiger partial charge in [0.25, 0.3) is 11.5 Å². The van der Waals surface area contributed by atoms with Gasteiger partial charge >= 0.3 is 0 Å². The Morgan fingerprint density at radius 1 is 1.10 bits per heavy atom. The lowest BCUT2D eigenvalue weighted by atomic mass is 10.1. The molecule has 1 amide bonds. The van der Waals surface area contributed by atoms with Crippen LogP contribution in [0.2, 0.25) is 0 Å². The Morgan fingerprint density at radius 3 is 2.48 bits per heavy atom. The molecule has 0 spiro atoms. The van der Waals surface area contributed by atoms with E-state index in [1.807, 2.05) is 56.3 Å². The van der Waals surface area contributed by atoms with Crippen LogP contribution < -0.4 is 15.8 Å². The van der Waals surface area contributed by atoms with Crippen LogP contribution in [0.1, 0.15) is 42.2 Å². The molecule has 29 heavy (non-hydrogen) atoms. The zero-order chi connectivity index (χ0) is 21.0. The molecule has 0 aliphatic rings. The largest absolute Gasteiger partial charge is 0.378 e. The standard InChI is InChI=1S/C23H28N4O2/c1-5-6-9-14-27-23(29)19-11-8-7-10-18(19)21(25-27)22(28)24-20-13-12-17(26(3)4)15-16(20)2/h7-8,10-13,15H,5-6,9,14H2,1-4H3,(H,24,28). The maximum Gasteiger partial charge on any atom is 0.276 e. The molecule has 2 aromatic carbocycles. The molecule has 1 N–H and O–H groups in total. The first-order chi connectivity index (χ1) is 13.9. The van der Waals surface area contributed by atoms with Crippen molar-refractivity contribution in [2.75, 3.05) is 24.3 Å². The minimum absolute atomic E-state index is 0.153. The van der Waals surface area contributed by atoms with Crippen molar-refractivity contribution in [3.8, 4) is 0 Å². The molecule has 0 saturated carbocycles. The van der Waals surface area contributed by atoms with Gasteiger partial charge in [-0.2, -0.15) is 5.10 Å². The molecule has 152 valence electrons. The first kappa shape index (κ1) is 20.6. The van der Waals surface area contributed by atoms with E-state index in [2.05, 4.69) is 17.3 Å². The number of amides is 1. The van der Waals surface area contributed by atoms with Gasteiger partial charge < -0.3 is 10.2 Å². The maximum atomic E-state index is 13.1. The molecule has 0 radical (unpaired) electrons. The molecule has 1 aromatic heterocycles. The molecule has 0 fully saturated rings. The Bertz CT molecular complexity index is 1090. The van der Waals surface area contributed by atoms with Gasteiger partial charge in [-0.05, 0) is 43.2 Å². The number of carbonyl (C=O) groups is 1. The molecule has 0 aliphatic heterocycles. The van der Waals surface area contributed by atoms with Crippen molar-refractivity contribution in [1.29, 1.82) is 0 Å². The Morgan fingerprint density at radius 2 is 1.83 bits per heavy atom. The van der Waals surface area contributed by atoms with Crippen LogP contribution in [-0.4, -0.2) is 29.8 Å². The maximum absolute atomic E-state index is 13.1. The number of anilines is 2. The van der Waals surface area contributed by atoms with E-state index in [0.717, 1.165) is 36.2 Å². The predicted octanol–water partition coefficient (Wildman–Crippen LogP) is 4.21. The molecule has 0 bridgehead atoms. The quantitative estimate of drug-likeness (QED) is 0.612. The number of rotatable bonds is 7. The number of fused-ring (bicyclic) bond motifs is 1. The van der Waals surface area contributed by atoms with E-state index < -0.39 is 0 Å². The molecule has 0 unspecified atom stereocenters. The van der Waals surface area contributed by atoms with Crippen molar-refractivity contribution < 1.29 is 4.79 Å². The van der Waals surface area contributed by atoms with Gasteiger partial charge in [-0.15, -0.1) is 0 Å². The summed E-state index contributed by atoms with van der Waals surface area (Å²) in [5, 5.41) is 8.48. The summed E-state index contributed by atoms with van der Waals surface area (Å²) < 4.78 is 1.43. The first-order valence-electron chi connectivity index (χ1n) is 10.0. The van der Waals surface area contributed by atoms with E-state index in [4.69, 9.17) is 0 Å². The van der Waals surface area contributed by atoms with Gasteiger partial charge in [0.05, 0.1) is 5.39 Å². The van der Waals surface area contributed by atoms with Crippen LogP contribution in [0.15, 0.2) is 47.3 Å². The van der Waals surface area contributed by atoms with Gasteiger partial charge in [-0.3, -0.25) is 9.59 Å². The molecular formula is C23H28N4O2. The van der Waals surface area contributed by atoms with E-state index in [1.54, 1.807) is 12.1 Å². The third-order valence-corrected chi connectivity index (χ3v) is 5.03. The Hall–Kier alpha value is -3.15. The van der Waals surface area contributed by atoms with Gasteiger partial charge in [-0.1, -0.05) is 38.0 Å². The number of nitrogens with one attached hydrogen (secondary N) is 1. The normalized spacial score (nSPS) is 10.9. The molecule has 6 nitrogen and oxygen atoms in total. The highest BCUT2D eigenvalue weighted by molar-refractivity contribution is 6.11. The predicted molar refractivity (Wildman–Crippen MR) is 119 cm³/mol. The van der Waals surface area contributed by atoms with Crippen molar-refractivity contribution in [2.45, 2.75) is 39.7 Å². The lowest BCUT2D eigenvalue weighted by Gasteiger charge is -2.16. The Balaban J connectivity index is 1.98. The van der Waals surface area contributed by atoms with Crippen LogP contribution in [0.5, 0.6) is 0 Å². The van der Waals surface area contributed by atoms with Crippen LogP contribution >= 0.6 is 0 Å². The smallest absolute Gasteiger partial charge is 0.276 e. The molecule has 0 aliphatic carbocycles. The van der Waals surface area contributed by atoms with Crippen LogP contribution in [0.4, 0.5) is 11.4 Å². The van der Waals surface area contributed by atoms with E-state index in [9.17, 15) is 9.59 Å². The lowest BCUT2D eigenvalue weighted by Crippen LogP contribution is -2.28. The van der Waals surface area contributed by atoms with Gasteiger partial charge in [0.2, 0.25) is 0 Å². The molecule has 1 heterocycles. The summed E-state index contributed by atoms with van der Waals surface area (Å²) in [6.07, 6.45) is 2.92. The summed E-state index contributed by atoms with van der Waals surface area (Å²) in [6.45, 7) is 4.58. The molecule has 3 aromatic rings. The number of carbonyl (C=O) groups excluding carboxylic acids is 1. The van der Waals surface area contributed by atoms with Crippen LogP contribution in [-0.2, 0) is 6.54 Å². The van der Waals surface area contributed by atoms with Gasteiger partial charge in [-0.25, -0.2) is 4.68 Å². The van der Waals surface area contributed by atoms with Crippen LogP contribution in [0, 0.1) is 6.92 Å². The molecule has 0 atom stereocenters. The second-order valence-electron chi connectivity index (χ2n) is 7.48. The first-order valence-corrected chi connectivity index (χ1v) is 10.0. The summed E-state index contributed by atoms with van der Waals surface area (Å²) in [4.78, 5) is 27.9. The second-order valence-corrected chi connectivity index (χ2v) is 7.48. The van der Waals surface area contributed by atoms with Gasteiger partial charge in [0.1, 0.15) is 0 Å². The number of nitrogens with zero attached hydrogens (tertiary/aromatic N) is 3. The number of hydrogen-bond acceptors (Lipinski definition) is 4. The molecule has 3 rings (SSSR count). The Kier molecular flexibility index (Phi) is 6.32. The summed E-state index contributed by atoms with van der Waals surface area (Å²) >= 11 is 0. The fourth-order valence-corrected chi connectivity index (χ4v) is 3.31. The molecule has 6 heteroatoms. The van der Waals surface area contributed by atoms with Gasteiger partial charge in [0.15, 0.2) is 5.69 Å². The average molecular weight is 393 g/mol. The van der Waals surface area contributed by atoms with Gasteiger partial charge in [0, 0.05) is 37.4 Å². The van der Waals surface area contributed by atoms with E-state index >= 15 is 0 Å². The summed E-state index contributed by atoms with van der Waals surface area (Å²) in [5.74, 6) is -0.314. The SMILES string of the molecule is CCCCCn1nc(C(=O)Nc2ccc(N(C)C)cc2C)c2ccccc2c1=O. The number of benzene rings is 2. The van der Waals surface area contributed by atoms with Crippen LogP contribution in [0.3, 0.4) is 0 Å². The van der Waals surface area contributed by atoms with Crippen molar-refractivity contribution >= 4 is 28.1 Å². The monoisotopic (exact) mass is 392 g/mol. The van der Waals surface area contributed by atoms with E-state index in [1.165, 1.54) is 4.68 Å². The molecule has 0 saturated heterocycles. The zero-order valence-electron chi connectivity index (χ0n) is 17.5. The highest BCUT2D eigenvalue weighted by Gasteiger charge is 2.17. The average Bonchev–Trinajstić information content (AvgIpc) is 2.71. The Labute approximate surface area is 171 Å². The third-order valence-electron chi connectivity index (χ3n) is 5.03. The zero-order valence-corrected chi connectivity index (χ0v) is 17.5. The van der Waals surface area contributed by atoms with Crippen molar-refractivity contribution in [3.05, 3.63) is 64.1 Å². The van der Waals surface area contributed by atoms with E-state index in [0.29, 0.717) is 17.3 Å². The summed E-state index contributed by atoms with van der Waals surface area (Å²) in [6, 6.07) is 13.0. The minimum Gasteiger partial charge on any atom is -0.378 e. The third kappa shape index (κ3) is 4.47. The fourth-order valence-electron chi connectivity index (χ4n) is 3.31.